The molecule has 0 aromatic heterocycles. The molecule has 0 bridgehead atoms. The highest BCUT2D eigenvalue weighted by molar-refractivity contribution is 6.06. The van der Waals surface area contributed by atoms with Crippen LogP contribution in [0.15, 0.2) is 41.0 Å². The first-order valence-corrected chi connectivity index (χ1v) is 13.3. The van der Waals surface area contributed by atoms with Crippen molar-refractivity contribution in [3.63, 3.8) is 0 Å². The quantitative estimate of drug-likeness (QED) is 0.221. The van der Waals surface area contributed by atoms with E-state index in [-0.39, 0.29) is 42.6 Å². The molecule has 2 heterocycles. The third-order valence-corrected chi connectivity index (χ3v) is 7.99. The fraction of sp³-hybridized carbons (Fsp3) is 0.552. The summed E-state index contributed by atoms with van der Waals surface area (Å²) in [4.78, 5) is 38.6. The Balaban J connectivity index is 1.43. The second-order valence-corrected chi connectivity index (χ2v) is 10.3. The van der Waals surface area contributed by atoms with Gasteiger partial charge >= 0.3 is 5.97 Å². The number of allylic oxidation sites excluding steroid dienone is 1. The predicted octanol–water partition coefficient (Wildman–Crippen LogP) is 3.92. The van der Waals surface area contributed by atoms with Crippen LogP contribution in [0, 0.1) is 17.8 Å². The molecule has 3 N–H and O–H groups in total. The molecule has 8 heteroatoms. The topological polar surface area (TPSA) is 124 Å². The van der Waals surface area contributed by atoms with Crippen LogP contribution in [0.4, 0.5) is 0 Å². The molecule has 37 heavy (non-hydrogen) atoms. The van der Waals surface area contributed by atoms with Gasteiger partial charge in [-0.3, -0.25) is 19.3 Å². The Bertz CT molecular complexity index is 1090. The molecule has 1 aromatic rings. The number of phenols is 1. The number of hydrogen-bond acceptors (Lipinski definition) is 6. The maximum atomic E-state index is 13.4. The number of hydrogen-bond donors (Lipinski definition) is 3. The van der Waals surface area contributed by atoms with Crippen molar-refractivity contribution in [2.75, 3.05) is 19.8 Å². The second-order valence-electron chi connectivity index (χ2n) is 10.3. The standard InChI is InChI=1S/C29H37NO7/c1-2-18(13-19-7-6-8-21(32)14-19)10-11-24-26-20(16-31)15-22-27(23(26)17-37-24)29(36)30(28(22)35)12-5-3-4-9-25(33)34/h6-8,13-14,22-24,27,31-32H,2-5,9-12,15-17H2,1H3,(H,33,34)/b18-13+/t22-,23+,24-,27-/m1/s1. The second kappa shape index (κ2) is 12.0. The van der Waals surface area contributed by atoms with Gasteiger partial charge in [-0.05, 0) is 67.4 Å². The lowest BCUT2D eigenvalue weighted by molar-refractivity contribution is -0.141. The number of amides is 2. The van der Waals surface area contributed by atoms with Crippen molar-refractivity contribution in [2.45, 2.75) is 64.4 Å². The number of unbranched alkanes of at least 4 members (excludes halogenated alkanes) is 2. The first-order chi connectivity index (χ1) is 17.8. The molecule has 4 atom stereocenters. The summed E-state index contributed by atoms with van der Waals surface area (Å²) in [5, 5.41) is 28.7. The van der Waals surface area contributed by atoms with E-state index in [0.29, 0.717) is 38.8 Å². The van der Waals surface area contributed by atoms with Crippen LogP contribution < -0.4 is 0 Å². The Labute approximate surface area is 217 Å². The molecule has 1 aliphatic carbocycles. The zero-order valence-electron chi connectivity index (χ0n) is 21.4. The lowest BCUT2D eigenvalue weighted by Gasteiger charge is -2.31. The number of rotatable bonds is 12. The van der Waals surface area contributed by atoms with Crippen LogP contribution in [0.3, 0.4) is 0 Å². The van der Waals surface area contributed by atoms with E-state index in [2.05, 4.69) is 13.0 Å². The van der Waals surface area contributed by atoms with Crippen molar-refractivity contribution in [1.29, 1.82) is 0 Å². The van der Waals surface area contributed by atoms with Crippen molar-refractivity contribution in [2.24, 2.45) is 17.8 Å². The Morgan fingerprint density at radius 1 is 1.14 bits per heavy atom. The molecular weight excluding hydrogens is 474 g/mol. The fourth-order valence-electron chi connectivity index (χ4n) is 6.15. The monoisotopic (exact) mass is 511 g/mol. The van der Waals surface area contributed by atoms with Gasteiger partial charge in [-0.1, -0.05) is 37.1 Å². The normalized spacial score (nSPS) is 25.6. The van der Waals surface area contributed by atoms with Crippen molar-refractivity contribution >= 4 is 23.9 Å². The van der Waals surface area contributed by atoms with E-state index in [1.165, 1.54) is 10.5 Å². The number of phenolic OH excluding ortho intramolecular Hbond substituents is 1. The molecule has 4 rings (SSSR count). The van der Waals surface area contributed by atoms with Gasteiger partial charge in [0.2, 0.25) is 11.8 Å². The smallest absolute Gasteiger partial charge is 0.303 e. The largest absolute Gasteiger partial charge is 0.508 e. The molecule has 1 aromatic carbocycles. The molecule has 2 amide bonds. The maximum Gasteiger partial charge on any atom is 0.303 e. The van der Waals surface area contributed by atoms with E-state index in [1.54, 1.807) is 12.1 Å². The third kappa shape index (κ3) is 5.96. The van der Waals surface area contributed by atoms with Crippen molar-refractivity contribution in [3.8, 4) is 5.75 Å². The van der Waals surface area contributed by atoms with Crippen molar-refractivity contribution in [1.82, 2.24) is 4.90 Å². The average molecular weight is 512 g/mol. The minimum absolute atomic E-state index is 0.0871. The number of likely N-dealkylation sites (tertiary alicyclic amines) is 1. The summed E-state index contributed by atoms with van der Waals surface area (Å²) in [6.45, 7) is 2.62. The Morgan fingerprint density at radius 2 is 1.95 bits per heavy atom. The number of carboxylic acid groups (broad SMARTS) is 1. The average Bonchev–Trinajstić information content (AvgIpc) is 3.40. The highest BCUT2D eigenvalue weighted by atomic mass is 16.5. The summed E-state index contributed by atoms with van der Waals surface area (Å²) in [6, 6.07) is 7.14. The Hall–Kier alpha value is -2.97. The number of ether oxygens (including phenoxy) is 1. The van der Waals surface area contributed by atoms with Gasteiger partial charge in [0.05, 0.1) is 31.2 Å². The van der Waals surface area contributed by atoms with Crippen LogP contribution in [0.2, 0.25) is 0 Å². The van der Waals surface area contributed by atoms with E-state index >= 15 is 0 Å². The van der Waals surface area contributed by atoms with Crippen LogP contribution in [-0.2, 0) is 19.1 Å². The molecule has 0 radical (unpaired) electrons. The molecule has 0 saturated carbocycles. The number of carboxylic acids is 1. The van der Waals surface area contributed by atoms with Crippen LogP contribution in [-0.4, -0.2) is 63.9 Å². The van der Waals surface area contributed by atoms with E-state index < -0.39 is 17.8 Å². The summed E-state index contributed by atoms with van der Waals surface area (Å²) < 4.78 is 6.18. The summed E-state index contributed by atoms with van der Waals surface area (Å²) >= 11 is 0. The van der Waals surface area contributed by atoms with Crippen LogP contribution in [0.25, 0.3) is 6.08 Å². The summed E-state index contributed by atoms with van der Waals surface area (Å²) in [7, 11) is 0. The molecule has 0 unspecified atom stereocenters. The predicted molar refractivity (Wildman–Crippen MR) is 137 cm³/mol. The number of fused-ring (bicyclic) bond motifs is 3. The van der Waals surface area contributed by atoms with Gasteiger partial charge in [0.25, 0.3) is 0 Å². The Morgan fingerprint density at radius 3 is 2.65 bits per heavy atom. The Kier molecular flexibility index (Phi) is 8.82. The molecular formula is C29H37NO7. The number of carbonyl (C=O) groups is 3. The van der Waals surface area contributed by atoms with Gasteiger partial charge in [0.15, 0.2) is 0 Å². The molecule has 2 saturated heterocycles. The van der Waals surface area contributed by atoms with E-state index in [9.17, 15) is 24.6 Å². The summed E-state index contributed by atoms with van der Waals surface area (Å²) in [5.74, 6) is -2.05. The molecule has 8 nitrogen and oxygen atoms in total. The zero-order chi connectivity index (χ0) is 26.5. The van der Waals surface area contributed by atoms with Gasteiger partial charge < -0.3 is 20.1 Å². The van der Waals surface area contributed by atoms with Gasteiger partial charge in [0.1, 0.15) is 5.75 Å². The van der Waals surface area contributed by atoms with Crippen LogP contribution in [0.1, 0.15) is 63.9 Å². The number of aliphatic hydroxyl groups excluding tert-OH is 1. The fourth-order valence-corrected chi connectivity index (χ4v) is 6.15. The maximum absolute atomic E-state index is 13.4. The minimum atomic E-state index is -0.841. The summed E-state index contributed by atoms with van der Waals surface area (Å²) in [5.41, 5.74) is 3.99. The number of benzene rings is 1. The minimum Gasteiger partial charge on any atom is -0.508 e. The first-order valence-electron chi connectivity index (χ1n) is 13.3. The number of carbonyl (C=O) groups excluding carboxylic acids is 2. The number of nitrogens with zero attached hydrogens (tertiary/aromatic N) is 1. The number of imide groups is 1. The number of aromatic hydroxyl groups is 1. The highest BCUT2D eigenvalue weighted by Gasteiger charge is 2.56. The van der Waals surface area contributed by atoms with E-state index in [1.807, 2.05) is 12.1 Å². The molecule has 2 aliphatic heterocycles. The van der Waals surface area contributed by atoms with Crippen molar-refractivity contribution in [3.05, 3.63) is 46.5 Å². The SMILES string of the molecule is CC/C(=C\c1cccc(O)c1)CC[C@H]1OC[C@H]2C1=C(CO)C[C@H]1C(=O)N(CCCCCC(=O)O)C(=O)[C@H]12. The lowest BCUT2D eigenvalue weighted by atomic mass is 9.69. The van der Waals surface area contributed by atoms with Crippen LogP contribution >= 0.6 is 0 Å². The zero-order valence-corrected chi connectivity index (χ0v) is 21.4. The first kappa shape index (κ1) is 27.1. The lowest BCUT2D eigenvalue weighted by Crippen LogP contribution is -2.35. The van der Waals surface area contributed by atoms with Gasteiger partial charge in [0, 0.05) is 18.9 Å². The van der Waals surface area contributed by atoms with Gasteiger partial charge in [-0.2, -0.15) is 0 Å². The summed E-state index contributed by atoms with van der Waals surface area (Å²) in [6.07, 6.45) is 6.48. The third-order valence-electron chi connectivity index (χ3n) is 7.99. The van der Waals surface area contributed by atoms with E-state index in [4.69, 9.17) is 9.84 Å². The molecule has 3 aliphatic rings. The molecule has 200 valence electrons. The number of aliphatic hydroxyl groups is 1. The van der Waals surface area contributed by atoms with Gasteiger partial charge in [-0.15, -0.1) is 0 Å². The molecule has 0 spiro atoms. The van der Waals surface area contributed by atoms with Gasteiger partial charge in [-0.25, -0.2) is 0 Å². The van der Waals surface area contributed by atoms with Crippen LogP contribution in [0.5, 0.6) is 5.75 Å². The van der Waals surface area contributed by atoms with Crippen molar-refractivity contribution < 1.29 is 34.4 Å². The molecule has 2 fully saturated rings. The van der Waals surface area contributed by atoms with E-state index in [0.717, 1.165) is 36.0 Å². The highest BCUT2D eigenvalue weighted by Crippen LogP contribution is 2.49. The number of aliphatic carboxylic acids is 1.